The maximum absolute atomic E-state index is 12.5. The number of anilines is 1. The van der Waals surface area contributed by atoms with E-state index in [0.717, 1.165) is 36.1 Å². The number of nitrogens with one attached hydrogen (secondary N) is 1. The molecule has 6 nitrogen and oxygen atoms in total. The minimum atomic E-state index is -0.107. The van der Waals surface area contributed by atoms with E-state index in [0.29, 0.717) is 24.8 Å². The summed E-state index contributed by atoms with van der Waals surface area (Å²) in [6, 6.07) is 5.93. The molecular formula is C17H23BrClN3O3. The maximum Gasteiger partial charge on any atom is 0.265 e. The lowest BCUT2D eigenvalue weighted by Crippen LogP contribution is -2.48. The van der Waals surface area contributed by atoms with Crippen LogP contribution in [-0.4, -0.2) is 56.0 Å². The SMILES string of the molecule is CNC1CCCN(C(=O)CCN2C(=O)COc3cc(Br)ccc32)C1.Cl. The van der Waals surface area contributed by atoms with Crippen LogP contribution >= 0.6 is 28.3 Å². The van der Waals surface area contributed by atoms with Gasteiger partial charge in [-0.1, -0.05) is 15.9 Å². The zero-order valence-electron chi connectivity index (χ0n) is 14.2. The number of benzene rings is 1. The molecule has 2 amide bonds. The zero-order valence-corrected chi connectivity index (χ0v) is 16.6. The third-order valence-electron chi connectivity index (χ3n) is 4.60. The Hall–Kier alpha value is -1.31. The summed E-state index contributed by atoms with van der Waals surface area (Å²) in [5.41, 5.74) is 0.731. The van der Waals surface area contributed by atoms with Crippen LogP contribution in [0.4, 0.5) is 5.69 Å². The number of ether oxygens (including phenoxy) is 1. The number of amides is 2. The highest BCUT2D eigenvalue weighted by atomic mass is 79.9. The molecule has 25 heavy (non-hydrogen) atoms. The molecule has 2 aliphatic heterocycles. The van der Waals surface area contributed by atoms with Gasteiger partial charge in [0, 0.05) is 36.6 Å². The van der Waals surface area contributed by atoms with Crippen molar-refractivity contribution in [2.45, 2.75) is 25.3 Å². The van der Waals surface area contributed by atoms with Gasteiger partial charge in [0.1, 0.15) is 5.75 Å². The fourth-order valence-electron chi connectivity index (χ4n) is 3.23. The number of likely N-dealkylation sites (tertiary alicyclic amines) is 1. The molecule has 1 aromatic rings. The molecule has 0 saturated carbocycles. The van der Waals surface area contributed by atoms with Gasteiger partial charge in [0.2, 0.25) is 5.91 Å². The molecule has 2 aliphatic rings. The van der Waals surface area contributed by atoms with E-state index < -0.39 is 0 Å². The van der Waals surface area contributed by atoms with Crippen molar-refractivity contribution < 1.29 is 14.3 Å². The van der Waals surface area contributed by atoms with E-state index in [2.05, 4.69) is 21.2 Å². The molecule has 0 aromatic heterocycles. The van der Waals surface area contributed by atoms with Crippen molar-refractivity contribution in [2.75, 3.05) is 38.2 Å². The number of likely N-dealkylation sites (N-methyl/N-ethyl adjacent to an activating group) is 1. The smallest absolute Gasteiger partial charge is 0.265 e. The molecule has 1 saturated heterocycles. The Kier molecular flexibility index (Phi) is 7.10. The van der Waals surface area contributed by atoms with Crippen LogP contribution in [0.2, 0.25) is 0 Å². The molecule has 2 heterocycles. The Morgan fingerprint density at radius 1 is 1.44 bits per heavy atom. The van der Waals surface area contributed by atoms with Crippen molar-refractivity contribution in [1.29, 1.82) is 0 Å². The summed E-state index contributed by atoms with van der Waals surface area (Å²) in [5.74, 6) is 0.668. The third-order valence-corrected chi connectivity index (χ3v) is 5.09. The van der Waals surface area contributed by atoms with Gasteiger partial charge >= 0.3 is 0 Å². The lowest BCUT2D eigenvalue weighted by molar-refractivity contribution is -0.132. The largest absolute Gasteiger partial charge is 0.482 e. The van der Waals surface area contributed by atoms with E-state index in [1.165, 1.54) is 0 Å². The van der Waals surface area contributed by atoms with Crippen molar-refractivity contribution in [3.8, 4) is 5.75 Å². The Bertz CT molecular complexity index is 644. The van der Waals surface area contributed by atoms with E-state index in [-0.39, 0.29) is 30.8 Å². The van der Waals surface area contributed by atoms with Crippen LogP contribution in [0.5, 0.6) is 5.75 Å². The van der Waals surface area contributed by atoms with Crippen LogP contribution in [0.15, 0.2) is 22.7 Å². The van der Waals surface area contributed by atoms with Gasteiger partial charge in [-0.15, -0.1) is 12.4 Å². The molecule has 1 atom stereocenters. The summed E-state index contributed by atoms with van der Waals surface area (Å²) < 4.78 is 6.37. The minimum Gasteiger partial charge on any atom is -0.482 e. The Balaban J connectivity index is 0.00000225. The lowest BCUT2D eigenvalue weighted by atomic mass is 10.1. The highest BCUT2D eigenvalue weighted by Crippen LogP contribution is 2.34. The third kappa shape index (κ3) is 4.65. The number of rotatable bonds is 4. The molecular weight excluding hydrogens is 410 g/mol. The predicted octanol–water partition coefficient (Wildman–Crippen LogP) is 2.20. The lowest BCUT2D eigenvalue weighted by Gasteiger charge is -2.34. The topological polar surface area (TPSA) is 61.9 Å². The van der Waals surface area contributed by atoms with E-state index in [1.807, 2.05) is 30.1 Å². The number of fused-ring (bicyclic) bond motifs is 1. The van der Waals surface area contributed by atoms with E-state index in [4.69, 9.17) is 4.74 Å². The van der Waals surface area contributed by atoms with Crippen molar-refractivity contribution in [3.05, 3.63) is 22.7 Å². The molecule has 0 radical (unpaired) electrons. The van der Waals surface area contributed by atoms with Gasteiger partial charge in [-0.3, -0.25) is 9.59 Å². The van der Waals surface area contributed by atoms with Gasteiger partial charge in [-0.2, -0.15) is 0 Å². The van der Waals surface area contributed by atoms with Crippen molar-refractivity contribution in [3.63, 3.8) is 0 Å². The van der Waals surface area contributed by atoms with Crippen LogP contribution in [0.25, 0.3) is 0 Å². The van der Waals surface area contributed by atoms with Gasteiger partial charge < -0.3 is 19.9 Å². The second kappa shape index (κ2) is 8.87. The average molecular weight is 433 g/mol. The Morgan fingerprint density at radius 3 is 3.00 bits per heavy atom. The van der Waals surface area contributed by atoms with Crippen molar-refractivity contribution in [1.82, 2.24) is 10.2 Å². The molecule has 1 aromatic carbocycles. The number of piperidine rings is 1. The number of carbonyl (C=O) groups excluding carboxylic acids is 2. The molecule has 0 bridgehead atoms. The first-order valence-corrected chi connectivity index (χ1v) is 9.05. The summed E-state index contributed by atoms with van der Waals surface area (Å²) >= 11 is 3.40. The summed E-state index contributed by atoms with van der Waals surface area (Å²) in [5, 5.41) is 3.24. The number of halogens is 2. The number of carbonyl (C=O) groups is 2. The zero-order chi connectivity index (χ0) is 17.1. The van der Waals surface area contributed by atoms with Crippen molar-refractivity contribution in [2.24, 2.45) is 0 Å². The summed E-state index contributed by atoms with van der Waals surface area (Å²) in [6.07, 6.45) is 2.45. The Labute approximate surface area is 162 Å². The van der Waals surface area contributed by atoms with Gasteiger partial charge in [0.05, 0.1) is 5.69 Å². The number of nitrogens with zero attached hydrogens (tertiary/aromatic N) is 2. The van der Waals surface area contributed by atoms with Crippen molar-refractivity contribution >= 4 is 45.8 Å². The van der Waals surface area contributed by atoms with Crippen LogP contribution in [0.1, 0.15) is 19.3 Å². The second-order valence-corrected chi connectivity index (χ2v) is 7.08. The average Bonchev–Trinajstić information content (AvgIpc) is 2.60. The van der Waals surface area contributed by atoms with Crippen LogP contribution in [0.3, 0.4) is 0 Å². The first-order valence-electron chi connectivity index (χ1n) is 8.26. The number of hydrogen-bond donors (Lipinski definition) is 1. The minimum absolute atomic E-state index is 0. The number of hydrogen-bond acceptors (Lipinski definition) is 4. The summed E-state index contributed by atoms with van der Waals surface area (Å²) in [4.78, 5) is 28.2. The van der Waals surface area contributed by atoms with Crippen LogP contribution in [-0.2, 0) is 9.59 Å². The normalized spacial score (nSPS) is 19.8. The van der Waals surface area contributed by atoms with Gasteiger partial charge in [-0.05, 0) is 38.1 Å². The van der Waals surface area contributed by atoms with E-state index >= 15 is 0 Å². The first-order chi connectivity index (χ1) is 11.6. The molecule has 0 aliphatic carbocycles. The van der Waals surface area contributed by atoms with Crippen LogP contribution in [0, 0.1) is 0 Å². The molecule has 138 valence electrons. The first kappa shape index (κ1) is 20.0. The quantitative estimate of drug-likeness (QED) is 0.792. The van der Waals surface area contributed by atoms with Crippen LogP contribution < -0.4 is 15.0 Å². The van der Waals surface area contributed by atoms with E-state index in [9.17, 15) is 9.59 Å². The highest BCUT2D eigenvalue weighted by Gasteiger charge is 2.28. The second-order valence-electron chi connectivity index (χ2n) is 6.16. The maximum atomic E-state index is 12.5. The molecule has 8 heteroatoms. The highest BCUT2D eigenvalue weighted by molar-refractivity contribution is 9.10. The molecule has 1 unspecified atom stereocenters. The van der Waals surface area contributed by atoms with Gasteiger partial charge in [0.15, 0.2) is 6.61 Å². The summed E-state index contributed by atoms with van der Waals surface area (Å²) in [7, 11) is 1.93. The molecule has 1 fully saturated rings. The molecule has 3 rings (SSSR count). The fourth-order valence-corrected chi connectivity index (χ4v) is 3.57. The van der Waals surface area contributed by atoms with E-state index in [1.54, 1.807) is 4.90 Å². The monoisotopic (exact) mass is 431 g/mol. The predicted molar refractivity (Wildman–Crippen MR) is 103 cm³/mol. The van der Waals surface area contributed by atoms with Gasteiger partial charge in [-0.25, -0.2) is 0 Å². The standard InChI is InChI=1S/C17H22BrN3O3.ClH/c1-19-13-3-2-7-20(10-13)16(22)6-8-21-14-5-4-12(18)9-15(14)24-11-17(21)23;/h4-5,9,13,19H,2-3,6-8,10-11H2,1H3;1H. The fraction of sp³-hybridized carbons (Fsp3) is 0.529. The molecule has 0 spiro atoms. The molecule has 1 N–H and O–H groups in total. The summed E-state index contributed by atoms with van der Waals surface area (Å²) in [6.45, 7) is 1.95. The Morgan fingerprint density at radius 2 is 2.24 bits per heavy atom. The van der Waals surface area contributed by atoms with Gasteiger partial charge in [0.25, 0.3) is 5.91 Å².